The molecule has 0 atom stereocenters. The minimum Gasteiger partial charge on any atom is -0.534 e. The van der Waals surface area contributed by atoms with Gasteiger partial charge in [0.2, 0.25) is 0 Å². The maximum Gasteiger partial charge on any atom is 0.319 e. The monoisotopic (exact) mass is 346 g/mol. The van der Waals surface area contributed by atoms with Crippen LogP contribution in [0.1, 0.15) is 26.3 Å². The molecule has 0 saturated heterocycles. The third kappa shape index (κ3) is 3.40. The van der Waals surface area contributed by atoms with Crippen molar-refractivity contribution in [3.05, 3.63) is 90.5 Å². The predicted octanol–water partition coefficient (Wildman–Crippen LogP) is 4.93. The van der Waals surface area contributed by atoms with Crippen LogP contribution >= 0.6 is 0 Å². The summed E-state index contributed by atoms with van der Waals surface area (Å²) in [6.07, 6.45) is 0. The van der Waals surface area contributed by atoms with E-state index in [1.54, 1.807) is 0 Å². The second-order valence-electron chi connectivity index (χ2n) is 7.58. The molecule has 0 amide bonds. The lowest BCUT2D eigenvalue weighted by Gasteiger charge is -2.43. The van der Waals surface area contributed by atoms with Crippen LogP contribution in [0, 0.1) is 6.92 Å². The third-order valence-corrected chi connectivity index (χ3v) is 9.62. The van der Waals surface area contributed by atoms with Gasteiger partial charge in [0.1, 0.15) is 5.75 Å². The van der Waals surface area contributed by atoms with Crippen molar-refractivity contribution < 1.29 is 4.43 Å². The maximum atomic E-state index is 6.96. The minimum absolute atomic E-state index is 0.0144. The fraction of sp³-hybridized carbons (Fsp3) is 0.217. The van der Waals surface area contributed by atoms with Gasteiger partial charge in [0.25, 0.3) is 0 Å². The van der Waals surface area contributed by atoms with E-state index in [1.807, 2.05) is 0 Å². The van der Waals surface area contributed by atoms with Crippen molar-refractivity contribution >= 4 is 18.7 Å². The lowest BCUT2D eigenvalue weighted by molar-refractivity contribution is 0.508. The van der Waals surface area contributed by atoms with Crippen LogP contribution in [0.2, 0.25) is 5.04 Å². The Kier molecular flexibility index (Phi) is 4.82. The number of hydrogen-bond acceptors (Lipinski definition) is 1. The Morgan fingerprint density at radius 1 is 0.680 bits per heavy atom. The highest BCUT2D eigenvalue weighted by atomic mass is 28.4. The van der Waals surface area contributed by atoms with Crippen molar-refractivity contribution in [2.75, 3.05) is 0 Å². The van der Waals surface area contributed by atoms with Crippen LogP contribution in [0.4, 0.5) is 0 Å². The van der Waals surface area contributed by atoms with Crippen LogP contribution in [0.3, 0.4) is 0 Å². The molecule has 0 spiro atoms. The molecule has 25 heavy (non-hydrogen) atoms. The first-order valence-corrected chi connectivity index (χ1v) is 10.7. The first-order chi connectivity index (χ1) is 11.9. The van der Waals surface area contributed by atoms with E-state index >= 15 is 0 Å². The highest BCUT2D eigenvalue weighted by Crippen LogP contribution is 2.37. The quantitative estimate of drug-likeness (QED) is 0.608. The Balaban J connectivity index is 2.26. The first kappa shape index (κ1) is 17.5. The average Bonchev–Trinajstić information content (AvgIpc) is 2.60. The van der Waals surface area contributed by atoms with Crippen LogP contribution in [0.5, 0.6) is 5.75 Å². The van der Waals surface area contributed by atoms with Crippen molar-refractivity contribution in [1.29, 1.82) is 0 Å². The molecule has 3 aromatic rings. The van der Waals surface area contributed by atoms with Crippen LogP contribution in [-0.4, -0.2) is 8.32 Å². The van der Waals surface area contributed by atoms with Crippen LogP contribution in [0.25, 0.3) is 0 Å². The van der Waals surface area contributed by atoms with Crippen molar-refractivity contribution in [2.45, 2.75) is 32.7 Å². The van der Waals surface area contributed by atoms with Crippen LogP contribution in [-0.2, 0) is 0 Å². The van der Waals surface area contributed by atoms with E-state index in [1.165, 1.54) is 15.9 Å². The molecule has 0 aromatic heterocycles. The normalized spacial score (nSPS) is 12.0. The van der Waals surface area contributed by atoms with Gasteiger partial charge in [-0.25, -0.2) is 0 Å². The minimum atomic E-state index is -2.51. The van der Waals surface area contributed by atoms with Gasteiger partial charge in [-0.1, -0.05) is 93.6 Å². The fourth-order valence-electron chi connectivity index (χ4n) is 3.50. The molecule has 0 saturated carbocycles. The van der Waals surface area contributed by atoms with Crippen molar-refractivity contribution in [3.63, 3.8) is 0 Å². The molecule has 3 rings (SSSR count). The van der Waals surface area contributed by atoms with Crippen molar-refractivity contribution in [3.8, 4) is 5.75 Å². The third-order valence-electron chi connectivity index (χ3n) is 4.68. The predicted molar refractivity (Wildman–Crippen MR) is 109 cm³/mol. The molecule has 0 N–H and O–H groups in total. The molecule has 3 aromatic carbocycles. The number of hydrogen-bond donors (Lipinski definition) is 0. The van der Waals surface area contributed by atoms with E-state index in [9.17, 15) is 0 Å². The van der Waals surface area contributed by atoms with Gasteiger partial charge in [-0.15, -0.1) is 0 Å². The Labute approximate surface area is 152 Å². The summed E-state index contributed by atoms with van der Waals surface area (Å²) in [4.78, 5) is 0. The number of aryl methyl sites for hydroxylation is 1. The summed E-state index contributed by atoms with van der Waals surface area (Å²) >= 11 is 0. The molecular weight excluding hydrogens is 320 g/mol. The molecule has 2 heteroatoms. The summed E-state index contributed by atoms with van der Waals surface area (Å²) in [5, 5.41) is 2.59. The van der Waals surface area contributed by atoms with E-state index in [-0.39, 0.29) is 5.04 Å². The smallest absolute Gasteiger partial charge is 0.319 e. The summed E-state index contributed by atoms with van der Waals surface area (Å²) in [7, 11) is -2.51. The lowest BCUT2D eigenvalue weighted by Crippen LogP contribution is -2.68. The van der Waals surface area contributed by atoms with E-state index < -0.39 is 8.32 Å². The fourth-order valence-corrected chi connectivity index (χ4v) is 7.92. The molecule has 0 heterocycles. The molecule has 0 bridgehead atoms. The Bertz CT molecular complexity index is 780. The second-order valence-corrected chi connectivity index (χ2v) is 11.8. The molecule has 0 radical (unpaired) electrons. The SMILES string of the molecule is Cc1cccc(O[Si](c2ccccc2)(c2ccccc2)C(C)(C)C)c1. The van der Waals surface area contributed by atoms with Gasteiger partial charge in [0, 0.05) is 0 Å². The zero-order chi connectivity index (χ0) is 17.9. The van der Waals surface area contributed by atoms with Gasteiger partial charge in [0.15, 0.2) is 0 Å². The highest BCUT2D eigenvalue weighted by molar-refractivity contribution is 7.00. The highest BCUT2D eigenvalue weighted by Gasteiger charge is 2.52. The zero-order valence-electron chi connectivity index (χ0n) is 15.5. The largest absolute Gasteiger partial charge is 0.534 e. The van der Waals surface area contributed by atoms with Crippen molar-refractivity contribution in [2.24, 2.45) is 0 Å². The number of benzene rings is 3. The van der Waals surface area contributed by atoms with Gasteiger partial charge >= 0.3 is 8.32 Å². The molecule has 1 nitrogen and oxygen atoms in total. The first-order valence-electron chi connectivity index (χ1n) is 8.80. The second kappa shape index (κ2) is 6.89. The van der Waals surface area contributed by atoms with Gasteiger partial charge in [-0.3, -0.25) is 0 Å². The van der Waals surface area contributed by atoms with Gasteiger partial charge < -0.3 is 4.43 Å². The Hall–Kier alpha value is -2.32. The average molecular weight is 347 g/mol. The lowest BCUT2D eigenvalue weighted by atomic mass is 10.2. The standard InChI is InChI=1S/C23H26OSi/c1-19-12-11-13-20(18-19)24-25(23(2,3)4,21-14-7-5-8-15-21)22-16-9-6-10-17-22/h5-18H,1-4H3. The molecule has 0 aliphatic rings. The van der Waals surface area contributed by atoms with E-state index in [0.29, 0.717) is 0 Å². The molecule has 0 unspecified atom stereocenters. The zero-order valence-corrected chi connectivity index (χ0v) is 16.5. The summed E-state index contributed by atoms with van der Waals surface area (Å²) in [5.74, 6) is 0.953. The Morgan fingerprint density at radius 3 is 1.64 bits per heavy atom. The number of rotatable bonds is 4. The summed E-state index contributed by atoms with van der Waals surface area (Å²) in [6.45, 7) is 9.01. The molecule has 128 valence electrons. The van der Waals surface area contributed by atoms with Gasteiger partial charge in [-0.05, 0) is 40.0 Å². The molecule has 0 aliphatic carbocycles. The summed E-state index contributed by atoms with van der Waals surface area (Å²) in [5.41, 5.74) is 1.22. The van der Waals surface area contributed by atoms with Crippen LogP contribution in [0.15, 0.2) is 84.9 Å². The molecule has 0 aliphatic heterocycles. The van der Waals surface area contributed by atoms with E-state index in [0.717, 1.165) is 5.75 Å². The van der Waals surface area contributed by atoms with Crippen molar-refractivity contribution in [1.82, 2.24) is 0 Å². The van der Waals surface area contributed by atoms with E-state index in [4.69, 9.17) is 4.43 Å². The van der Waals surface area contributed by atoms with Gasteiger partial charge in [0.05, 0.1) is 0 Å². The van der Waals surface area contributed by atoms with Gasteiger partial charge in [-0.2, -0.15) is 0 Å². The summed E-state index contributed by atoms with van der Waals surface area (Å²) < 4.78 is 6.96. The molecule has 0 fully saturated rings. The summed E-state index contributed by atoms with van der Waals surface area (Å²) in [6, 6.07) is 29.9. The van der Waals surface area contributed by atoms with E-state index in [2.05, 4.69) is 113 Å². The maximum absolute atomic E-state index is 6.96. The molecular formula is C23H26OSi. The Morgan fingerprint density at radius 2 is 1.20 bits per heavy atom. The van der Waals surface area contributed by atoms with Crippen LogP contribution < -0.4 is 14.8 Å². The topological polar surface area (TPSA) is 9.23 Å².